The monoisotopic (exact) mass is 305 g/mol. The zero-order valence-electron chi connectivity index (χ0n) is 10.7. The normalized spacial score (nSPS) is 15.6. The molecule has 0 saturated heterocycles. The Bertz CT molecular complexity index is 594. The van der Waals surface area contributed by atoms with Crippen LogP contribution in [0.3, 0.4) is 0 Å². The molecule has 1 aliphatic rings. The first-order valence-corrected chi connectivity index (χ1v) is 6.03. The molecule has 0 amide bonds. The van der Waals surface area contributed by atoms with Crippen LogP contribution in [0.4, 0.5) is 13.2 Å². The lowest BCUT2D eigenvalue weighted by Gasteiger charge is -2.15. The van der Waals surface area contributed by atoms with Gasteiger partial charge in [0.05, 0.1) is 11.1 Å². The molecule has 1 aliphatic heterocycles. The first kappa shape index (κ1) is 14.7. The first-order chi connectivity index (χ1) is 9.20. The maximum absolute atomic E-state index is 12.8. The molecule has 1 aromatic rings. The number of alkyl halides is 3. The number of carbonyl (C=O) groups is 1. The lowest BCUT2D eigenvalue weighted by Crippen LogP contribution is -2.13. The number of hydrogen-bond acceptors (Lipinski definition) is 3. The molecular formula is C13H11ClF3NO2. The third-order valence-electron chi connectivity index (χ3n) is 2.75. The largest absolute Gasteiger partial charge is 0.470 e. The van der Waals surface area contributed by atoms with Crippen LogP contribution >= 0.6 is 11.6 Å². The summed E-state index contributed by atoms with van der Waals surface area (Å²) >= 11 is 5.72. The van der Waals surface area contributed by atoms with Gasteiger partial charge in [0, 0.05) is 19.1 Å². The lowest BCUT2D eigenvalue weighted by molar-refractivity contribution is -0.137. The Labute approximate surface area is 118 Å². The predicted octanol–water partition coefficient (Wildman–Crippen LogP) is 3.19. The van der Waals surface area contributed by atoms with Crippen molar-refractivity contribution < 1.29 is 22.7 Å². The Hall–Kier alpha value is -1.69. The fourth-order valence-corrected chi connectivity index (χ4v) is 2.17. The van der Waals surface area contributed by atoms with Crippen molar-refractivity contribution in [1.29, 1.82) is 0 Å². The fraction of sp³-hybridized carbons (Fsp3) is 0.308. The zero-order valence-corrected chi connectivity index (χ0v) is 11.5. The molecule has 1 aromatic carbocycles. The second kappa shape index (κ2) is 5.01. The van der Waals surface area contributed by atoms with E-state index in [9.17, 15) is 18.0 Å². The van der Waals surface area contributed by atoms with Crippen LogP contribution in [0, 0.1) is 0 Å². The van der Waals surface area contributed by atoms with Gasteiger partial charge in [0.1, 0.15) is 0 Å². The van der Waals surface area contributed by atoms with E-state index in [2.05, 4.69) is 0 Å². The molecule has 20 heavy (non-hydrogen) atoms. The Kier molecular flexibility index (Phi) is 3.69. The molecule has 0 fully saturated rings. The van der Waals surface area contributed by atoms with Crippen molar-refractivity contribution >= 4 is 23.0 Å². The zero-order chi connectivity index (χ0) is 15.1. The van der Waals surface area contributed by atoms with E-state index in [0.29, 0.717) is 0 Å². The molecule has 0 saturated carbocycles. The van der Waals surface area contributed by atoms with Gasteiger partial charge < -0.3 is 9.64 Å². The molecule has 0 spiro atoms. The minimum Gasteiger partial charge on any atom is -0.470 e. The smallest absolute Gasteiger partial charge is 0.416 e. The first-order valence-electron chi connectivity index (χ1n) is 5.66. The van der Waals surface area contributed by atoms with Gasteiger partial charge in [0.25, 0.3) is 0 Å². The Balaban J connectivity index is 2.60. The van der Waals surface area contributed by atoms with Crippen LogP contribution in [-0.2, 0) is 15.7 Å². The summed E-state index contributed by atoms with van der Waals surface area (Å²) in [5.74, 6) is -0.130. The van der Waals surface area contributed by atoms with Crippen LogP contribution in [-0.4, -0.2) is 31.4 Å². The number of halogens is 4. The van der Waals surface area contributed by atoms with Crippen molar-refractivity contribution in [3.05, 3.63) is 40.2 Å². The fourth-order valence-electron chi connectivity index (χ4n) is 1.93. The van der Waals surface area contributed by atoms with Gasteiger partial charge in [0.2, 0.25) is 11.7 Å². The van der Waals surface area contributed by atoms with Crippen LogP contribution in [0.2, 0.25) is 5.02 Å². The van der Waals surface area contributed by atoms with Crippen molar-refractivity contribution in [2.45, 2.75) is 6.18 Å². The van der Waals surface area contributed by atoms with E-state index in [1.165, 1.54) is 11.0 Å². The van der Waals surface area contributed by atoms with Crippen LogP contribution in [0.15, 0.2) is 24.1 Å². The number of ether oxygens (including phenoxy) is 1. The number of nitrogens with zero attached hydrogens (tertiary/aromatic N) is 1. The molecular weight excluding hydrogens is 295 g/mol. The van der Waals surface area contributed by atoms with Gasteiger partial charge in [-0.2, -0.15) is 13.2 Å². The number of benzene rings is 1. The van der Waals surface area contributed by atoms with E-state index in [1.807, 2.05) is 0 Å². The summed E-state index contributed by atoms with van der Waals surface area (Å²) in [7, 11) is 3.28. The van der Waals surface area contributed by atoms with Gasteiger partial charge in [-0.25, -0.2) is 0 Å². The highest BCUT2D eigenvalue weighted by molar-refractivity contribution is 6.31. The van der Waals surface area contributed by atoms with Gasteiger partial charge in [0.15, 0.2) is 6.61 Å². The highest BCUT2D eigenvalue weighted by Gasteiger charge is 2.34. The molecule has 0 aromatic heterocycles. The number of rotatable bonds is 2. The molecule has 1 heterocycles. The average Bonchev–Trinajstić information content (AvgIpc) is 2.69. The van der Waals surface area contributed by atoms with E-state index in [0.717, 1.165) is 12.1 Å². The second-order valence-corrected chi connectivity index (χ2v) is 4.95. The summed E-state index contributed by atoms with van der Waals surface area (Å²) < 4.78 is 43.5. The highest BCUT2D eigenvalue weighted by Crippen LogP contribution is 2.35. The predicted molar refractivity (Wildman–Crippen MR) is 68.0 cm³/mol. The molecule has 2 rings (SSSR count). The topological polar surface area (TPSA) is 29.5 Å². The molecule has 108 valence electrons. The maximum atomic E-state index is 12.8. The summed E-state index contributed by atoms with van der Waals surface area (Å²) in [6.45, 7) is -0.184. The lowest BCUT2D eigenvalue weighted by atomic mass is 10.0. The van der Waals surface area contributed by atoms with Crippen LogP contribution in [0.1, 0.15) is 11.1 Å². The van der Waals surface area contributed by atoms with Crippen molar-refractivity contribution in [3.8, 4) is 0 Å². The maximum Gasteiger partial charge on any atom is 0.416 e. The van der Waals surface area contributed by atoms with Crippen LogP contribution in [0.5, 0.6) is 0 Å². The van der Waals surface area contributed by atoms with Crippen molar-refractivity contribution in [1.82, 2.24) is 4.90 Å². The van der Waals surface area contributed by atoms with Crippen molar-refractivity contribution in [3.63, 3.8) is 0 Å². The molecule has 3 nitrogen and oxygen atoms in total. The second-order valence-electron chi connectivity index (χ2n) is 4.51. The van der Waals surface area contributed by atoms with E-state index in [4.69, 9.17) is 16.3 Å². The molecule has 7 heteroatoms. The molecule has 0 N–H and O–H groups in total. The van der Waals surface area contributed by atoms with Crippen molar-refractivity contribution in [2.24, 2.45) is 0 Å². The van der Waals surface area contributed by atoms with E-state index in [-0.39, 0.29) is 34.4 Å². The Morgan fingerprint density at radius 2 is 1.90 bits per heavy atom. The minimum atomic E-state index is -4.53. The summed E-state index contributed by atoms with van der Waals surface area (Å²) in [6, 6.07) is 3.04. The molecule has 0 unspecified atom stereocenters. The van der Waals surface area contributed by atoms with E-state index >= 15 is 0 Å². The number of ketones is 1. The molecule has 0 radical (unpaired) electrons. The van der Waals surface area contributed by atoms with Gasteiger partial charge in [-0.1, -0.05) is 11.6 Å². The third kappa shape index (κ3) is 2.75. The quantitative estimate of drug-likeness (QED) is 0.840. The average molecular weight is 306 g/mol. The van der Waals surface area contributed by atoms with Crippen molar-refractivity contribution in [2.75, 3.05) is 20.7 Å². The molecule has 0 aliphatic carbocycles. The van der Waals surface area contributed by atoms with Gasteiger partial charge in [-0.05, 0) is 23.8 Å². The summed E-state index contributed by atoms with van der Waals surface area (Å²) in [6.07, 6.45) is -4.53. The minimum absolute atomic E-state index is 0.0832. The van der Waals surface area contributed by atoms with Crippen LogP contribution < -0.4 is 0 Å². The molecule has 0 bridgehead atoms. The third-order valence-corrected chi connectivity index (χ3v) is 2.97. The van der Waals surface area contributed by atoms with E-state index < -0.39 is 11.7 Å². The summed E-state index contributed by atoms with van der Waals surface area (Å²) in [4.78, 5) is 13.4. The van der Waals surface area contributed by atoms with Gasteiger partial charge in [-0.15, -0.1) is 0 Å². The van der Waals surface area contributed by atoms with E-state index in [1.54, 1.807) is 14.1 Å². The van der Waals surface area contributed by atoms with Crippen LogP contribution in [0.25, 0.3) is 5.57 Å². The number of carbonyl (C=O) groups excluding carboxylic acids is 1. The summed E-state index contributed by atoms with van der Waals surface area (Å²) in [5.41, 5.74) is -0.677. The van der Waals surface area contributed by atoms with Gasteiger partial charge >= 0.3 is 6.18 Å². The SMILES string of the molecule is CN(C)C1=C(c2cc(Cl)cc(C(F)(F)F)c2)C(=O)CO1. The highest BCUT2D eigenvalue weighted by atomic mass is 35.5. The Morgan fingerprint density at radius 3 is 2.45 bits per heavy atom. The number of Topliss-reactive ketones (excluding diaryl/α,β-unsaturated/α-hetero) is 1. The summed E-state index contributed by atoms with van der Waals surface area (Å²) in [5, 5.41) is -0.0832. The standard InChI is InChI=1S/C13H11ClF3NO2/c1-18(2)12-11(10(19)6-20-12)7-3-8(13(15,16)17)5-9(14)4-7/h3-5H,6H2,1-2H3. The number of hydrogen-bond donors (Lipinski definition) is 0. The Morgan fingerprint density at radius 1 is 1.25 bits per heavy atom. The molecule has 0 atom stereocenters. The van der Waals surface area contributed by atoms with Gasteiger partial charge in [-0.3, -0.25) is 4.79 Å².